The Labute approximate surface area is 133 Å². The van der Waals surface area contributed by atoms with Crippen molar-refractivity contribution in [3.63, 3.8) is 0 Å². The molecule has 23 heavy (non-hydrogen) atoms. The second-order valence-corrected chi connectivity index (χ2v) is 6.02. The van der Waals surface area contributed by atoms with Gasteiger partial charge < -0.3 is 0 Å². The molecule has 5 aromatic rings. The number of hydrogen-bond acceptors (Lipinski definition) is 2. The second kappa shape index (κ2) is 4.29. The molecule has 0 unspecified atom stereocenters. The quantitative estimate of drug-likeness (QED) is 0.384. The van der Waals surface area contributed by atoms with Crippen LogP contribution < -0.4 is 0 Å². The Morgan fingerprint density at radius 2 is 1.35 bits per heavy atom. The largest absolute Gasteiger partial charge is 0.293 e. The van der Waals surface area contributed by atoms with E-state index in [9.17, 15) is 0 Å². The van der Waals surface area contributed by atoms with Crippen molar-refractivity contribution in [2.45, 2.75) is 13.8 Å². The Balaban J connectivity index is 2.22. The van der Waals surface area contributed by atoms with Gasteiger partial charge in [-0.2, -0.15) is 0 Å². The third-order valence-corrected chi connectivity index (χ3v) is 4.60. The fourth-order valence-corrected chi connectivity index (χ4v) is 3.64. The van der Waals surface area contributed by atoms with Crippen molar-refractivity contribution in [2.24, 2.45) is 0 Å². The van der Waals surface area contributed by atoms with E-state index in [1.807, 2.05) is 6.92 Å². The van der Waals surface area contributed by atoms with E-state index in [0.717, 1.165) is 22.6 Å². The predicted molar refractivity (Wildman–Crippen MR) is 95.0 cm³/mol. The van der Waals surface area contributed by atoms with Crippen LogP contribution in [-0.4, -0.2) is 14.4 Å². The van der Waals surface area contributed by atoms with Crippen LogP contribution in [0.1, 0.15) is 11.5 Å². The van der Waals surface area contributed by atoms with E-state index in [0.29, 0.717) is 0 Å². The SMILES string of the molecule is Cc1nc(C)c2cc3c4ccccc4c4ccccc4n3c2n1. The molecule has 0 aliphatic carbocycles. The zero-order valence-corrected chi connectivity index (χ0v) is 13.0. The van der Waals surface area contributed by atoms with Gasteiger partial charge in [-0.05, 0) is 31.4 Å². The standard InChI is InChI=1S/C20H15N3/c1-12-17-11-19-16-9-4-3-7-14(16)15-8-5-6-10-18(15)23(19)20(17)22-13(2)21-12/h3-11H,1-2H3. The fraction of sp³-hybridized carbons (Fsp3) is 0.100. The van der Waals surface area contributed by atoms with E-state index in [1.54, 1.807) is 0 Å². The number of pyridine rings is 1. The Bertz CT molecular complexity index is 1230. The maximum atomic E-state index is 4.73. The first-order chi connectivity index (χ1) is 11.2. The van der Waals surface area contributed by atoms with E-state index < -0.39 is 0 Å². The number of aromatic nitrogens is 3. The van der Waals surface area contributed by atoms with Gasteiger partial charge in [-0.3, -0.25) is 4.40 Å². The highest BCUT2D eigenvalue weighted by atomic mass is 15.0. The molecule has 110 valence electrons. The maximum absolute atomic E-state index is 4.73. The lowest BCUT2D eigenvalue weighted by molar-refractivity contribution is 1.04. The van der Waals surface area contributed by atoms with Crippen molar-refractivity contribution in [1.82, 2.24) is 14.4 Å². The van der Waals surface area contributed by atoms with Gasteiger partial charge in [0.15, 0.2) is 0 Å². The molecule has 0 fully saturated rings. The summed E-state index contributed by atoms with van der Waals surface area (Å²) < 4.78 is 2.27. The fourth-order valence-electron chi connectivity index (χ4n) is 3.64. The van der Waals surface area contributed by atoms with Crippen molar-refractivity contribution in [3.05, 3.63) is 66.1 Å². The molecular weight excluding hydrogens is 282 g/mol. The first-order valence-corrected chi connectivity index (χ1v) is 7.80. The minimum atomic E-state index is 0.812. The molecule has 0 aliphatic rings. The third-order valence-electron chi connectivity index (χ3n) is 4.60. The average Bonchev–Trinajstić information content (AvgIpc) is 2.95. The molecule has 5 rings (SSSR count). The normalized spacial score (nSPS) is 11.9. The summed E-state index contributed by atoms with van der Waals surface area (Å²) in [5, 5.41) is 4.90. The topological polar surface area (TPSA) is 30.2 Å². The number of benzene rings is 2. The highest BCUT2D eigenvalue weighted by Gasteiger charge is 2.14. The molecular formula is C20H15N3. The molecule has 0 amide bonds. The molecule has 3 heterocycles. The molecule has 0 spiro atoms. The zero-order chi connectivity index (χ0) is 15.6. The molecule has 0 aliphatic heterocycles. The van der Waals surface area contributed by atoms with Crippen LogP contribution in [0, 0.1) is 13.8 Å². The number of aryl methyl sites for hydroxylation is 2. The maximum Gasteiger partial charge on any atom is 0.148 e. The molecule has 0 radical (unpaired) electrons. The third kappa shape index (κ3) is 1.59. The Morgan fingerprint density at radius 1 is 0.696 bits per heavy atom. The smallest absolute Gasteiger partial charge is 0.148 e. The van der Waals surface area contributed by atoms with Crippen LogP contribution in [0.2, 0.25) is 0 Å². The van der Waals surface area contributed by atoms with Gasteiger partial charge in [0, 0.05) is 16.2 Å². The molecule has 3 aromatic heterocycles. The lowest BCUT2D eigenvalue weighted by atomic mass is 10.1. The summed E-state index contributed by atoms with van der Waals surface area (Å²) >= 11 is 0. The molecule has 3 nitrogen and oxygen atoms in total. The first kappa shape index (κ1) is 12.6. The summed E-state index contributed by atoms with van der Waals surface area (Å²) in [6.07, 6.45) is 0. The van der Waals surface area contributed by atoms with Crippen LogP contribution in [-0.2, 0) is 0 Å². The lowest BCUT2D eigenvalue weighted by Crippen LogP contribution is -1.96. The summed E-state index contributed by atoms with van der Waals surface area (Å²) in [7, 11) is 0. The summed E-state index contributed by atoms with van der Waals surface area (Å²) in [6, 6.07) is 19.3. The second-order valence-electron chi connectivity index (χ2n) is 6.02. The van der Waals surface area contributed by atoms with Gasteiger partial charge in [0.1, 0.15) is 11.5 Å². The van der Waals surface area contributed by atoms with Crippen LogP contribution in [0.4, 0.5) is 0 Å². The number of nitrogens with zero attached hydrogens (tertiary/aromatic N) is 3. The molecule has 0 bridgehead atoms. The Kier molecular flexibility index (Phi) is 2.35. The van der Waals surface area contributed by atoms with Crippen molar-refractivity contribution in [2.75, 3.05) is 0 Å². The lowest BCUT2D eigenvalue weighted by Gasteiger charge is -2.09. The van der Waals surface area contributed by atoms with E-state index in [4.69, 9.17) is 4.98 Å². The van der Waals surface area contributed by atoms with Crippen LogP contribution in [0.15, 0.2) is 54.6 Å². The highest BCUT2D eigenvalue weighted by Crippen LogP contribution is 2.33. The Morgan fingerprint density at radius 3 is 2.13 bits per heavy atom. The summed E-state index contributed by atoms with van der Waals surface area (Å²) in [4.78, 5) is 9.27. The van der Waals surface area contributed by atoms with E-state index in [1.165, 1.54) is 27.2 Å². The number of hydrogen-bond donors (Lipinski definition) is 0. The Hall–Kier alpha value is -2.94. The molecule has 0 saturated heterocycles. The van der Waals surface area contributed by atoms with E-state index in [-0.39, 0.29) is 0 Å². The molecule has 2 aromatic carbocycles. The minimum absolute atomic E-state index is 0.812. The van der Waals surface area contributed by atoms with Gasteiger partial charge in [0.25, 0.3) is 0 Å². The van der Waals surface area contributed by atoms with Gasteiger partial charge in [-0.1, -0.05) is 42.5 Å². The van der Waals surface area contributed by atoms with Gasteiger partial charge in [-0.25, -0.2) is 9.97 Å². The zero-order valence-electron chi connectivity index (χ0n) is 13.0. The molecule has 0 N–H and O–H groups in total. The summed E-state index contributed by atoms with van der Waals surface area (Å²) in [5.74, 6) is 0.812. The molecule has 0 saturated carbocycles. The first-order valence-electron chi connectivity index (χ1n) is 7.80. The highest BCUT2D eigenvalue weighted by molar-refractivity contribution is 6.15. The van der Waals surface area contributed by atoms with Gasteiger partial charge >= 0.3 is 0 Å². The van der Waals surface area contributed by atoms with Gasteiger partial charge in [0.05, 0.1) is 16.7 Å². The van der Waals surface area contributed by atoms with Crippen molar-refractivity contribution >= 4 is 38.2 Å². The van der Waals surface area contributed by atoms with Crippen LogP contribution in [0.25, 0.3) is 38.2 Å². The number of para-hydroxylation sites is 1. The van der Waals surface area contributed by atoms with Crippen molar-refractivity contribution in [1.29, 1.82) is 0 Å². The summed E-state index contributed by atoms with van der Waals surface area (Å²) in [5.41, 5.74) is 4.40. The van der Waals surface area contributed by atoms with Crippen LogP contribution in [0.3, 0.4) is 0 Å². The number of rotatable bonds is 0. The summed E-state index contributed by atoms with van der Waals surface area (Å²) in [6.45, 7) is 4.01. The van der Waals surface area contributed by atoms with E-state index in [2.05, 4.69) is 70.9 Å². The van der Waals surface area contributed by atoms with Crippen LogP contribution >= 0.6 is 0 Å². The minimum Gasteiger partial charge on any atom is -0.293 e. The van der Waals surface area contributed by atoms with E-state index >= 15 is 0 Å². The van der Waals surface area contributed by atoms with Crippen molar-refractivity contribution < 1.29 is 0 Å². The van der Waals surface area contributed by atoms with Crippen LogP contribution in [0.5, 0.6) is 0 Å². The molecule has 3 heteroatoms. The van der Waals surface area contributed by atoms with Gasteiger partial charge in [-0.15, -0.1) is 0 Å². The number of fused-ring (bicyclic) bond motifs is 8. The molecule has 0 atom stereocenters. The predicted octanol–water partition coefficient (Wildman–Crippen LogP) is 4.81. The van der Waals surface area contributed by atoms with Gasteiger partial charge in [0.2, 0.25) is 0 Å². The monoisotopic (exact) mass is 297 g/mol. The van der Waals surface area contributed by atoms with Crippen molar-refractivity contribution in [3.8, 4) is 0 Å². The average molecular weight is 297 g/mol.